The van der Waals surface area contributed by atoms with E-state index in [1.54, 1.807) is 6.20 Å². The first-order valence-corrected chi connectivity index (χ1v) is 11.2. The van der Waals surface area contributed by atoms with Gasteiger partial charge in [-0.3, -0.25) is 14.6 Å². The van der Waals surface area contributed by atoms with Crippen LogP contribution in [0, 0.1) is 0 Å². The second-order valence-electron chi connectivity index (χ2n) is 8.37. The van der Waals surface area contributed by atoms with E-state index >= 15 is 0 Å². The van der Waals surface area contributed by atoms with Gasteiger partial charge in [-0.2, -0.15) is 0 Å². The Morgan fingerprint density at radius 1 is 0.938 bits per heavy atom. The van der Waals surface area contributed by atoms with Crippen LogP contribution in [0.25, 0.3) is 11.3 Å². The molecule has 2 aliphatic rings. The molecule has 2 aromatic carbocycles. The lowest BCUT2D eigenvalue weighted by Crippen LogP contribution is -2.47. The van der Waals surface area contributed by atoms with E-state index in [1.807, 2.05) is 24.3 Å². The molecule has 0 bridgehead atoms. The number of fused-ring (bicyclic) bond motifs is 3. The highest BCUT2D eigenvalue weighted by Crippen LogP contribution is 2.32. The number of hydrogen-bond acceptors (Lipinski definition) is 6. The summed E-state index contributed by atoms with van der Waals surface area (Å²) in [7, 11) is 0. The largest absolute Gasteiger partial charge is 0.353 e. The number of benzene rings is 2. The van der Waals surface area contributed by atoms with Gasteiger partial charge in [0.15, 0.2) is 0 Å². The molecule has 0 atom stereocenters. The Morgan fingerprint density at radius 2 is 1.69 bits per heavy atom. The van der Waals surface area contributed by atoms with Gasteiger partial charge in [0.25, 0.3) is 0 Å². The number of carbonyl (C=O) groups is 1. The highest BCUT2D eigenvalue weighted by Gasteiger charge is 2.21. The first-order valence-electron chi connectivity index (χ1n) is 11.2. The minimum Gasteiger partial charge on any atom is -0.353 e. The van der Waals surface area contributed by atoms with Crippen molar-refractivity contribution in [2.75, 3.05) is 49.9 Å². The summed E-state index contributed by atoms with van der Waals surface area (Å²) >= 11 is 0. The third-order valence-corrected chi connectivity index (χ3v) is 6.10. The molecule has 7 heteroatoms. The van der Waals surface area contributed by atoms with Gasteiger partial charge in [-0.25, -0.2) is 9.97 Å². The Bertz CT molecular complexity index is 1080. The summed E-state index contributed by atoms with van der Waals surface area (Å²) in [5.74, 6) is 0.572. The Balaban J connectivity index is 1.15. The van der Waals surface area contributed by atoms with Gasteiger partial charge >= 0.3 is 0 Å². The van der Waals surface area contributed by atoms with Crippen molar-refractivity contribution in [1.29, 1.82) is 0 Å². The predicted molar refractivity (Wildman–Crippen MR) is 126 cm³/mol. The lowest BCUT2D eigenvalue weighted by Gasteiger charge is -2.34. The molecule has 0 aliphatic carbocycles. The molecule has 0 saturated carbocycles. The molecule has 1 saturated heterocycles. The Labute approximate surface area is 188 Å². The van der Waals surface area contributed by atoms with Crippen molar-refractivity contribution in [3.63, 3.8) is 0 Å². The molecule has 2 aliphatic heterocycles. The minimum absolute atomic E-state index is 0.0353. The minimum atomic E-state index is -0.0353. The number of nitrogens with one attached hydrogen (secondary N) is 2. The summed E-state index contributed by atoms with van der Waals surface area (Å²) < 4.78 is 0. The highest BCUT2D eigenvalue weighted by atomic mass is 16.1. The normalized spacial score (nSPS) is 16.6. The van der Waals surface area contributed by atoms with E-state index in [2.05, 4.69) is 55.7 Å². The summed E-state index contributed by atoms with van der Waals surface area (Å²) in [6.45, 7) is 7.08. The van der Waals surface area contributed by atoms with Gasteiger partial charge in [0.1, 0.15) is 0 Å². The third kappa shape index (κ3) is 4.79. The molecule has 5 rings (SSSR count). The topological polar surface area (TPSA) is 73.4 Å². The maximum absolute atomic E-state index is 12.2. The van der Waals surface area contributed by atoms with E-state index in [0.29, 0.717) is 5.95 Å². The predicted octanol–water partition coefficient (Wildman–Crippen LogP) is 2.87. The number of aromatic nitrogens is 2. The summed E-state index contributed by atoms with van der Waals surface area (Å²) in [6, 6.07) is 18.5. The first-order chi connectivity index (χ1) is 15.7. The number of rotatable bonds is 6. The number of hydrogen-bond donors (Lipinski definition) is 2. The van der Waals surface area contributed by atoms with Gasteiger partial charge in [-0.15, -0.1) is 0 Å². The Kier molecular flexibility index (Phi) is 6.09. The second-order valence-corrected chi connectivity index (χ2v) is 8.37. The molecule has 3 heterocycles. The average Bonchev–Trinajstić information content (AvgIpc) is 2.96. The fourth-order valence-electron chi connectivity index (χ4n) is 4.36. The van der Waals surface area contributed by atoms with E-state index in [-0.39, 0.29) is 12.3 Å². The fraction of sp³-hybridized carbons (Fsp3) is 0.320. The molecule has 2 N–H and O–H groups in total. The van der Waals surface area contributed by atoms with Crippen LogP contribution in [-0.4, -0.2) is 64.9 Å². The van der Waals surface area contributed by atoms with Gasteiger partial charge in [-0.05, 0) is 11.6 Å². The molecular formula is C25H28N6O. The molecule has 1 aromatic heterocycles. The number of para-hydroxylation sites is 1. The van der Waals surface area contributed by atoms with Crippen LogP contribution in [0.2, 0.25) is 0 Å². The zero-order valence-corrected chi connectivity index (χ0v) is 18.1. The average molecular weight is 429 g/mol. The van der Waals surface area contributed by atoms with Crippen LogP contribution in [0.3, 0.4) is 0 Å². The maximum Gasteiger partial charge on any atom is 0.228 e. The lowest BCUT2D eigenvalue weighted by molar-refractivity contribution is -0.115. The van der Waals surface area contributed by atoms with Crippen LogP contribution < -0.4 is 10.6 Å². The number of piperazine rings is 1. The molecule has 1 amide bonds. The maximum atomic E-state index is 12.2. The molecule has 0 radical (unpaired) electrons. The molecular weight excluding hydrogens is 400 g/mol. The van der Waals surface area contributed by atoms with Crippen LogP contribution in [-0.2, 0) is 17.8 Å². The van der Waals surface area contributed by atoms with E-state index < -0.39 is 0 Å². The van der Waals surface area contributed by atoms with E-state index in [1.165, 1.54) is 5.56 Å². The van der Waals surface area contributed by atoms with Crippen LogP contribution in [0.1, 0.15) is 11.1 Å². The quantitative estimate of drug-likeness (QED) is 0.629. The Hall–Kier alpha value is -3.29. The smallest absolute Gasteiger partial charge is 0.228 e. The van der Waals surface area contributed by atoms with Crippen molar-refractivity contribution >= 4 is 17.5 Å². The first kappa shape index (κ1) is 20.6. The zero-order valence-electron chi connectivity index (χ0n) is 18.1. The number of nitrogens with zero attached hydrogens (tertiary/aromatic N) is 4. The second kappa shape index (κ2) is 9.46. The van der Waals surface area contributed by atoms with Gasteiger partial charge in [0.2, 0.25) is 11.9 Å². The van der Waals surface area contributed by atoms with E-state index in [4.69, 9.17) is 4.98 Å². The van der Waals surface area contributed by atoms with Gasteiger partial charge in [0.05, 0.1) is 17.8 Å². The zero-order chi connectivity index (χ0) is 21.8. The van der Waals surface area contributed by atoms with Crippen molar-refractivity contribution in [2.24, 2.45) is 0 Å². The third-order valence-electron chi connectivity index (χ3n) is 6.10. The summed E-state index contributed by atoms with van der Waals surface area (Å²) in [5.41, 5.74) is 4.79. The molecule has 3 aromatic rings. The standard InChI is InChI=1S/C25H28N6O/c32-23-16-20-17-27-25(29-24(20)21-8-4-5-9-22(21)28-23)26-10-11-30-12-14-31(15-13-30)18-19-6-2-1-3-7-19/h1-9,17H,10-16,18H2,(H,28,32)(H,26,27,29). The van der Waals surface area contributed by atoms with Crippen molar-refractivity contribution in [1.82, 2.24) is 19.8 Å². The van der Waals surface area contributed by atoms with Crippen LogP contribution in [0.4, 0.5) is 11.6 Å². The summed E-state index contributed by atoms with van der Waals surface area (Å²) in [5, 5.41) is 6.33. The van der Waals surface area contributed by atoms with Crippen LogP contribution in [0.5, 0.6) is 0 Å². The SMILES string of the molecule is O=C1Cc2cnc(NCCN3CCN(Cc4ccccc4)CC3)nc2-c2ccccc2N1. The van der Waals surface area contributed by atoms with Crippen molar-refractivity contribution in [3.05, 3.63) is 71.9 Å². The summed E-state index contributed by atoms with van der Waals surface area (Å²) in [6.07, 6.45) is 2.06. The van der Waals surface area contributed by atoms with Gasteiger partial charge in [-0.1, -0.05) is 48.5 Å². The molecule has 1 fully saturated rings. The summed E-state index contributed by atoms with van der Waals surface area (Å²) in [4.78, 5) is 26.4. The van der Waals surface area contributed by atoms with Gasteiger partial charge in [0, 0.05) is 63.1 Å². The number of amides is 1. The Morgan fingerprint density at radius 3 is 2.53 bits per heavy atom. The fourth-order valence-corrected chi connectivity index (χ4v) is 4.36. The molecule has 32 heavy (non-hydrogen) atoms. The number of anilines is 2. The number of carbonyl (C=O) groups excluding carboxylic acids is 1. The van der Waals surface area contributed by atoms with Gasteiger partial charge < -0.3 is 10.6 Å². The van der Waals surface area contributed by atoms with Crippen LogP contribution >= 0.6 is 0 Å². The van der Waals surface area contributed by atoms with E-state index in [0.717, 1.165) is 68.3 Å². The molecule has 0 unspecified atom stereocenters. The monoisotopic (exact) mass is 428 g/mol. The van der Waals surface area contributed by atoms with Crippen molar-refractivity contribution in [3.8, 4) is 11.3 Å². The van der Waals surface area contributed by atoms with Crippen molar-refractivity contribution < 1.29 is 4.79 Å². The lowest BCUT2D eigenvalue weighted by atomic mass is 10.1. The molecule has 164 valence electrons. The van der Waals surface area contributed by atoms with Crippen molar-refractivity contribution in [2.45, 2.75) is 13.0 Å². The molecule has 0 spiro atoms. The highest BCUT2D eigenvalue weighted by molar-refractivity contribution is 5.99. The van der Waals surface area contributed by atoms with E-state index in [9.17, 15) is 4.79 Å². The molecule has 7 nitrogen and oxygen atoms in total. The van der Waals surface area contributed by atoms with Crippen LogP contribution in [0.15, 0.2) is 60.8 Å².